The molecule has 132 valence electrons. The Morgan fingerprint density at radius 3 is 2.60 bits per heavy atom. The van der Waals surface area contributed by atoms with E-state index < -0.39 is 5.97 Å². The molecule has 1 aliphatic heterocycles. The number of aromatic nitrogens is 2. The maximum absolute atomic E-state index is 10.9. The van der Waals surface area contributed by atoms with Crippen LogP contribution in [-0.2, 0) is 6.54 Å². The van der Waals surface area contributed by atoms with Crippen LogP contribution in [0.25, 0.3) is 0 Å². The molecular formula is C19H24N4O2. The van der Waals surface area contributed by atoms with Crippen molar-refractivity contribution in [3.05, 3.63) is 53.7 Å². The van der Waals surface area contributed by atoms with Gasteiger partial charge in [0, 0.05) is 32.2 Å². The third-order valence-electron chi connectivity index (χ3n) is 4.65. The van der Waals surface area contributed by atoms with E-state index in [2.05, 4.69) is 51.2 Å². The number of carboxylic acid groups (broad SMARTS) is 1. The molecule has 0 aliphatic carbocycles. The van der Waals surface area contributed by atoms with Crippen LogP contribution in [0.2, 0.25) is 0 Å². The normalized spacial score (nSPS) is 18.3. The van der Waals surface area contributed by atoms with Crippen LogP contribution in [0.5, 0.6) is 0 Å². The van der Waals surface area contributed by atoms with E-state index >= 15 is 0 Å². The molecule has 1 fully saturated rings. The van der Waals surface area contributed by atoms with Crippen molar-refractivity contribution >= 4 is 11.8 Å². The predicted octanol–water partition coefficient (Wildman–Crippen LogP) is 2.67. The van der Waals surface area contributed by atoms with Crippen molar-refractivity contribution in [2.45, 2.75) is 32.4 Å². The quantitative estimate of drug-likeness (QED) is 0.872. The summed E-state index contributed by atoms with van der Waals surface area (Å²) < 4.78 is 0. The summed E-state index contributed by atoms with van der Waals surface area (Å²) in [7, 11) is 0. The minimum Gasteiger partial charge on any atom is -0.476 e. The van der Waals surface area contributed by atoms with Crippen molar-refractivity contribution in [3.8, 4) is 0 Å². The predicted molar refractivity (Wildman–Crippen MR) is 96.8 cm³/mol. The van der Waals surface area contributed by atoms with Gasteiger partial charge < -0.3 is 10.0 Å². The first-order valence-electron chi connectivity index (χ1n) is 8.77. The minimum atomic E-state index is -1.05. The molecule has 0 radical (unpaired) electrons. The molecule has 1 unspecified atom stereocenters. The van der Waals surface area contributed by atoms with Crippen LogP contribution in [0.1, 0.15) is 35.8 Å². The second kappa shape index (κ2) is 8.07. The molecule has 1 N–H and O–H groups in total. The number of hydrogen-bond acceptors (Lipinski definition) is 5. The van der Waals surface area contributed by atoms with E-state index in [-0.39, 0.29) is 5.69 Å². The summed E-state index contributed by atoms with van der Waals surface area (Å²) >= 11 is 0. The van der Waals surface area contributed by atoms with Gasteiger partial charge in [0.15, 0.2) is 11.5 Å². The highest BCUT2D eigenvalue weighted by Crippen LogP contribution is 2.21. The fourth-order valence-electron chi connectivity index (χ4n) is 3.34. The van der Waals surface area contributed by atoms with E-state index in [9.17, 15) is 4.79 Å². The van der Waals surface area contributed by atoms with Crippen molar-refractivity contribution in [2.75, 3.05) is 24.5 Å². The first-order chi connectivity index (χ1) is 12.2. The summed E-state index contributed by atoms with van der Waals surface area (Å²) in [6.07, 6.45) is 2.26. The van der Waals surface area contributed by atoms with Crippen LogP contribution in [0.15, 0.2) is 42.5 Å². The van der Waals surface area contributed by atoms with E-state index in [0.29, 0.717) is 6.04 Å². The van der Waals surface area contributed by atoms with E-state index in [1.807, 2.05) is 6.07 Å². The molecule has 0 spiro atoms. The number of aromatic carboxylic acids is 1. The lowest BCUT2D eigenvalue weighted by Crippen LogP contribution is -2.53. The number of anilines is 1. The molecule has 1 aromatic carbocycles. The van der Waals surface area contributed by atoms with Gasteiger partial charge in [-0.3, -0.25) is 4.90 Å². The average molecular weight is 340 g/mol. The minimum absolute atomic E-state index is 0.0171. The van der Waals surface area contributed by atoms with E-state index in [1.165, 1.54) is 11.6 Å². The van der Waals surface area contributed by atoms with Gasteiger partial charge in [0.2, 0.25) is 0 Å². The molecule has 0 amide bonds. The molecule has 2 heterocycles. The fraction of sp³-hybridized carbons (Fsp3) is 0.421. The summed E-state index contributed by atoms with van der Waals surface area (Å²) in [5.74, 6) is -0.291. The van der Waals surface area contributed by atoms with Gasteiger partial charge in [-0.05, 0) is 24.1 Å². The number of carbonyl (C=O) groups is 1. The standard InChI is InChI=1S/C19H24N4O2/c1-2-6-16-14-23(18-10-9-17(19(24)25)20-21-18)12-11-22(16)13-15-7-4-3-5-8-15/h3-5,7-10,16H,2,6,11-14H2,1H3,(H,24,25). The monoisotopic (exact) mass is 340 g/mol. The number of hydrogen-bond donors (Lipinski definition) is 1. The van der Waals surface area contributed by atoms with Crippen LogP contribution < -0.4 is 4.90 Å². The number of carboxylic acids is 1. The van der Waals surface area contributed by atoms with Crippen LogP contribution in [0.4, 0.5) is 5.82 Å². The Hall–Kier alpha value is -2.47. The highest BCUT2D eigenvalue weighted by atomic mass is 16.4. The SMILES string of the molecule is CCCC1CN(c2ccc(C(=O)O)nn2)CCN1Cc1ccccc1. The van der Waals surface area contributed by atoms with Crippen molar-refractivity contribution in [1.29, 1.82) is 0 Å². The van der Waals surface area contributed by atoms with Crippen molar-refractivity contribution in [2.24, 2.45) is 0 Å². The van der Waals surface area contributed by atoms with Crippen molar-refractivity contribution < 1.29 is 9.90 Å². The van der Waals surface area contributed by atoms with Crippen molar-refractivity contribution in [1.82, 2.24) is 15.1 Å². The van der Waals surface area contributed by atoms with Crippen LogP contribution in [0.3, 0.4) is 0 Å². The van der Waals surface area contributed by atoms with Crippen LogP contribution in [0, 0.1) is 0 Å². The Morgan fingerprint density at radius 1 is 1.16 bits per heavy atom. The highest BCUT2D eigenvalue weighted by Gasteiger charge is 2.27. The number of nitrogens with zero attached hydrogens (tertiary/aromatic N) is 4. The Bertz CT molecular complexity index is 690. The van der Waals surface area contributed by atoms with Gasteiger partial charge in [-0.2, -0.15) is 0 Å². The molecule has 2 aromatic rings. The zero-order valence-corrected chi connectivity index (χ0v) is 14.5. The lowest BCUT2D eigenvalue weighted by Gasteiger charge is -2.42. The number of rotatable bonds is 6. The largest absolute Gasteiger partial charge is 0.476 e. The van der Waals surface area contributed by atoms with Gasteiger partial charge in [0.1, 0.15) is 0 Å². The molecule has 1 atom stereocenters. The Kier molecular flexibility index (Phi) is 5.60. The van der Waals surface area contributed by atoms with Crippen molar-refractivity contribution in [3.63, 3.8) is 0 Å². The first-order valence-corrected chi connectivity index (χ1v) is 8.77. The van der Waals surface area contributed by atoms with E-state index in [0.717, 1.165) is 44.8 Å². The lowest BCUT2D eigenvalue weighted by atomic mass is 10.1. The molecule has 25 heavy (non-hydrogen) atoms. The first kappa shape index (κ1) is 17.4. The second-order valence-electron chi connectivity index (χ2n) is 6.43. The van der Waals surface area contributed by atoms with E-state index in [4.69, 9.17) is 5.11 Å². The molecular weight excluding hydrogens is 316 g/mol. The Labute approximate surface area is 148 Å². The van der Waals surface area contributed by atoms with Crippen LogP contribution in [-0.4, -0.2) is 51.8 Å². The Morgan fingerprint density at radius 2 is 1.96 bits per heavy atom. The highest BCUT2D eigenvalue weighted by molar-refractivity contribution is 5.85. The van der Waals surface area contributed by atoms with Gasteiger partial charge in [-0.25, -0.2) is 4.79 Å². The summed E-state index contributed by atoms with van der Waals surface area (Å²) in [6, 6.07) is 14.3. The third kappa shape index (κ3) is 4.33. The summed E-state index contributed by atoms with van der Waals surface area (Å²) in [4.78, 5) is 15.7. The third-order valence-corrected chi connectivity index (χ3v) is 4.65. The summed E-state index contributed by atoms with van der Waals surface area (Å²) in [5.41, 5.74) is 1.32. The molecule has 6 nitrogen and oxygen atoms in total. The maximum Gasteiger partial charge on any atom is 0.356 e. The topological polar surface area (TPSA) is 69.6 Å². The smallest absolute Gasteiger partial charge is 0.356 e. The van der Waals surface area contributed by atoms with Gasteiger partial charge in [0.25, 0.3) is 0 Å². The molecule has 6 heteroatoms. The molecule has 1 saturated heterocycles. The van der Waals surface area contributed by atoms with Gasteiger partial charge in [-0.15, -0.1) is 10.2 Å². The zero-order chi connectivity index (χ0) is 17.6. The van der Waals surface area contributed by atoms with Crippen LogP contribution >= 0.6 is 0 Å². The second-order valence-corrected chi connectivity index (χ2v) is 6.43. The summed E-state index contributed by atoms with van der Waals surface area (Å²) in [6.45, 7) is 5.89. The average Bonchev–Trinajstić information content (AvgIpc) is 2.64. The molecule has 1 aliphatic rings. The number of piperazine rings is 1. The Balaban J connectivity index is 1.69. The maximum atomic E-state index is 10.9. The van der Waals surface area contributed by atoms with E-state index in [1.54, 1.807) is 6.07 Å². The molecule has 3 rings (SSSR count). The van der Waals surface area contributed by atoms with Gasteiger partial charge in [0.05, 0.1) is 0 Å². The molecule has 1 aromatic heterocycles. The van der Waals surface area contributed by atoms with Gasteiger partial charge >= 0.3 is 5.97 Å². The number of benzene rings is 1. The summed E-state index contributed by atoms with van der Waals surface area (Å²) in [5, 5.41) is 16.9. The fourth-order valence-corrected chi connectivity index (χ4v) is 3.34. The molecule has 0 saturated carbocycles. The van der Waals surface area contributed by atoms with Gasteiger partial charge in [-0.1, -0.05) is 43.7 Å². The zero-order valence-electron chi connectivity index (χ0n) is 14.5. The molecule has 0 bridgehead atoms. The lowest BCUT2D eigenvalue weighted by molar-refractivity contribution is 0.0689.